The smallest absolute Gasteiger partial charge is 0.253 e. The first-order valence-electron chi connectivity index (χ1n) is 6.67. The van der Waals surface area contributed by atoms with Gasteiger partial charge in [-0.2, -0.15) is 4.68 Å². The van der Waals surface area contributed by atoms with Crippen LogP contribution in [0.15, 0.2) is 24.5 Å². The first-order chi connectivity index (χ1) is 10.2. The van der Waals surface area contributed by atoms with E-state index in [2.05, 4.69) is 20.8 Å². The maximum atomic E-state index is 12.3. The summed E-state index contributed by atoms with van der Waals surface area (Å²) >= 11 is 5.99. The van der Waals surface area contributed by atoms with Crippen LogP contribution in [0.5, 0.6) is 0 Å². The Kier molecular flexibility index (Phi) is 4.12. The number of nitrogens with zero attached hydrogens (tertiary/aromatic N) is 4. The molecule has 7 nitrogen and oxygen atoms in total. The lowest BCUT2D eigenvalue weighted by Crippen LogP contribution is -2.32. The maximum Gasteiger partial charge on any atom is 0.253 e. The molecule has 1 aromatic heterocycles. The van der Waals surface area contributed by atoms with Crippen molar-refractivity contribution in [2.24, 2.45) is 0 Å². The molecule has 1 amide bonds. The van der Waals surface area contributed by atoms with Crippen LogP contribution >= 0.6 is 11.6 Å². The van der Waals surface area contributed by atoms with Crippen molar-refractivity contribution < 1.29 is 9.53 Å². The number of aromatic nitrogens is 4. The summed E-state index contributed by atoms with van der Waals surface area (Å²) in [5.41, 5.74) is 1.00. The molecule has 0 radical (unpaired) electrons. The van der Waals surface area contributed by atoms with E-state index in [1.54, 1.807) is 18.2 Å². The van der Waals surface area contributed by atoms with Crippen molar-refractivity contribution in [3.8, 4) is 5.69 Å². The number of benzene rings is 1. The van der Waals surface area contributed by atoms with Crippen LogP contribution < -0.4 is 5.32 Å². The average molecular weight is 308 g/mol. The Morgan fingerprint density at radius 1 is 1.52 bits per heavy atom. The van der Waals surface area contributed by atoms with Crippen LogP contribution in [-0.4, -0.2) is 45.4 Å². The molecule has 3 rings (SSSR count). The van der Waals surface area contributed by atoms with E-state index in [9.17, 15) is 4.79 Å². The molecule has 1 N–H and O–H groups in total. The summed E-state index contributed by atoms with van der Waals surface area (Å²) in [7, 11) is 0. The SMILES string of the molecule is O=C(NC[C@H]1CCCO1)c1ccc(Cl)cc1-n1cnnn1. The quantitative estimate of drug-likeness (QED) is 0.918. The Morgan fingerprint density at radius 3 is 3.14 bits per heavy atom. The second kappa shape index (κ2) is 6.19. The average Bonchev–Trinajstić information content (AvgIpc) is 3.18. The van der Waals surface area contributed by atoms with Crippen LogP contribution in [0.25, 0.3) is 5.69 Å². The molecular weight excluding hydrogens is 294 g/mol. The normalized spacial score (nSPS) is 17.9. The number of carbonyl (C=O) groups excluding carboxylic acids is 1. The van der Waals surface area contributed by atoms with E-state index in [1.807, 2.05) is 0 Å². The fourth-order valence-corrected chi connectivity index (χ4v) is 2.43. The Balaban J connectivity index is 1.79. The second-order valence-corrected chi connectivity index (χ2v) is 5.20. The number of tetrazole rings is 1. The van der Waals surface area contributed by atoms with Crippen molar-refractivity contribution in [2.45, 2.75) is 18.9 Å². The Hall–Kier alpha value is -1.99. The number of hydrogen-bond donors (Lipinski definition) is 1. The van der Waals surface area contributed by atoms with Crippen LogP contribution in [0.4, 0.5) is 0 Å². The van der Waals surface area contributed by atoms with Gasteiger partial charge < -0.3 is 10.1 Å². The number of nitrogens with one attached hydrogen (secondary N) is 1. The Bertz CT molecular complexity index is 625. The molecule has 0 bridgehead atoms. The van der Waals surface area contributed by atoms with Crippen molar-refractivity contribution in [3.63, 3.8) is 0 Å². The van der Waals surface area contributed by atoms with Gasteiger partial charge in [0.05, 0.1) is 17.4 Å². The largest absolute Gasteiger partial charge is 0.376 e. The van der Waals surface area contributed by atoms with Gasteiger partial charge in [-0.25, -0.2) is 0 Å². The fourth-order valence-electron chi connectivity index (χ4n) is 2.27. The minimum Gasteiger partial charge on any atom is -0.376 e. The highest BCUT2D eigenvalue weighted by Crippen LogP contribution is 2.19. The van der Waals surface area contributed by atoms with Gasteiger partial charge >= 0.3 is 0 Å². The van der Waals surface area contributed by atoms with Gasteiger partial charge in [0.2, 0.25) is 0 Å². The van der Waals surface area contributed by atoms with E-state index in [-0.39, 0.29) is 12.0 Å². The number of ether oxygens (including phenoxy) is 1. The minimum atomic E-state index is -0.201. The summed E-state index contributed by atoms with van der Waals surface area (Å²) in [6, 6.07) is 4.97. The van der Waals surface area contributed by atoms with Gasteiger partial charge in [0.1, 0.15) is 6.33 Å². The molecule has 1 atom stereocenters. The molecule has 110 valence electrons. The number of halogens is 1. The number of hydrogen-bond acceptors (Lipinski definition) is 5. The fraction of sp³-hybridized carbons (Fsp3) is 0.385. The molecule has 21 heavy (non-hydrogen) atoms. The van der Waals surface area contributed by atoms with Crippen LogP contribution in [-0.2, 0) is 4.74 Å². The van der Waals surface area contributed by atoms with Crippen molar-refractivity contribution in [1.82, 2.24) is 25.5 Å². The highest BCUT2D eigenvalue weighted by molar-refractivity contribution is 6.31. The van der Waals surface area contributed by atoms with E-state index < -0.39 is 0 Å². The lowest BCUT2D eigenvalue weighted by molar-refractivity contribution is 0.0857. The summed E-state index contributed by atoms with van der Waals surface area (Å²) < 4.78 is 6.90. The van der Waals surface area contributed by atoms with Crippen LogP contribution in [0.2, 0.25) is 5.02 Å². The number of carbonyl (C=O) groups is 1. The Labute approximate surface area is 126 Å². The van der Waals surface area contributed by atoms with Crippen molar-refractivity contribution in [3.05, 3.63) is 35.1 Å². The molecule has 1 aliphatic heterocycles. The zero-order chi connectivity index (χ0) is 14.7. The summed E-state index contributed by atoms with van der Waals surface area (Å²) in [6.45, 7) is 1.26. The van der Waals surface area contributed by atoms with Gasteiger partial charge in [0, 0.05) is 18.2 Å². The van der Waals surface area contributed by atoms with Gasteiger partial charge in [-0.3, -0.25) is 4.79 Å². The van der Waals surface area contributed by atoms with E-state index in [4.69, 9.17) is 16.3 Å². The monoisotopic (exact) mass is 307 g/mol. The predicted molar refractivity (Wildman–Crippen MR) is 75.5 cm³/mol. The highest BCUT2D eigenvalue weighted by Gasteiger charge is 2.19. The third-order valence-electron chi connectivity index (χ3n) is 3.31. The van der Waals surface area contributed by atoms with Gasteiger partial charge in [0.15, 0.2) is 0 Å². The molecule has 1 fully saturated rings. The molecule has 2 heterocycles. The minimum absolute atomic E-state index is 0.0951. The Morgan fingerprint density at radius 2 is 2.43 bits per heavy atom. The molecule has 8 heteroatoms. The summed E-state index contributed by atoms with van der Waals surface area (Å²) in [5, 5.41) is 14.3. The molecule has 0 aliphatic carbocycles. The van der Waals surface area contributed by atoms with E-state index in [0.29, 0.717) is 22.8 Å². The van der Waals surface area contributed by atoms with Crippen molar-refractivity contribution >= 4 is 17.5 Å². The zero-order valence-electron chi connectivity index (χ0n) is 11.2. The van der Waals surface area contributed by atoms with Crippen molar-refractivity contribution in [1.29, 1.82) is 0 Å². The van der Waals surface area contributed by atoms with E-state index >= 15 is 0 Å². The van der Waals surface area contributed by atoms with Gasteiger partial charge in [-0.15, -0.1) is 5.10 Å². The maximum absolute atomic E-state index is 12.3. The summed E-state index contributed by atoms with van der Waals surface area (Å²) in [6.07, 6.45) is 3.53. The molecule has 1 aliphatic rings. The zero-order valence-corrected chi connectivity index (χ0v) is 12.0. The molecule has 0 unspecified atom stereocenters. The first-order valence-corrected chi connectivity index (χ1v) is 7.04. The van der Waals surface area contributed by atoms with E-state index in [1.165, 1.54) is 11.0 Å². The lowest BCUT2D eigenvalue weighted by Gasteiger charge is -2.13. The van der Waals surface area contributed by atoms with Crippen LogP contribution in [0.1, 0.15) is 23.2 Å². The number of rotatable bonds is 4. The third-order valence-corrected chi connectivity index (χ3v) is 3.55. The number of amides is 1. The highest BCUT2D eigenvalue weighted by atomic mass is 35.5. The molecule has 1 saturated heterocycles. The standard InChI is InChI=1S/C13H14ClN5O2/c14-9-3-4-11(12(6-9)19-8-16-17-18-19)13(20)15-7-10-2-1-5-21-10/h3-4,6,8,10H,1-2,5,7H2,(H,15,20)/t10-/m1/s1. The first kappa shape index (κ1) is 14.0. The molecule has 0 spiro atoms. The lowest BCUT2D eigenvalue weighted by atomic mass is 10.1. The van der Waals surface area contributed by atoms with Crippen molar-refractivity contribution in [2.75, 3.05) is 13.2 Å². The third kappa shape index (κ3) is 3.20. The molecular formula is C13H14ClN5O2. The van der Waals surface area contributed by atoms with Crippen LogP contribution in [0, 0.1) is 0 Å². The summed E-state index contributed by atoms with van der Waals surface area (Å²) in [4.78, 5) is 12.3. The van der Waals surface area contributed by atoms with Gasteiger partial charge in [0.25, 0.3) is 5.91 Å². The van der Waals surface area contributed by atoms with E-state index in [0.717, 1.165) is 19.4 Å². The topological polar surface area (TPSA) is 81.9 Å². The molecule has 0 saturated carbocycles. The van der Waals surface area contributed by atoms with Gasteiger partial charge in [-0.1, -0.05) is 11.6 Å². The van der Waals surface area contributed by atoms with Crippen LogP contribution in [0.3, 0.4) is 0 Å². The molecule has 1 aromatic carbocycles. The molecule has 2 aromatic rings. The summed E-state index contributed by atoms with van der Waals surface area (Å²) in [5.74, 6) is -0.201. The van der Waals surface area contributed by atoms with Gasteiger partial charge in [-0.05, 0) is 41.5 Å². The second-order valence-electron chi connectivity index (χ2n) is 4.76. The predicted octanol–water partition coefficient (Wildman–Crippen LogP) is 1.22.